The summed E-state index contributed by atoms with van der Waals surface area (Å²) in [5.41, 5.74) is 7.32. The van der Waals surface area contributed by atoms with Gasteiger partial charge in [0.25, 0.3) is 0 Å². The summed E-state index contributed by atoms with van der Waals surface area (Å²) in [5.74, 6) is 0.185. The van der Waals surface area contributed by atoms with Crippen LogP contribution in [0.4, 0.5) is 5.69 Å². The van der Waals surface area contributed by atoms with Crippen molar-refractivity contribution in [3.63, 3.8) is 0 Å². The third kappa shape index (κ3) is 3.25. The fourth-order valence-electron chi connectivity index (χ4n) is 2.47. The lowest BCUT2D eigenvalue weighted by Gasteiger charge is -2.14. The van der Waals surface area contributed by atoms with Crippen molar-refractivity contribution in [2.75, 3.05) is 12.3 Å². The van der Waals surface area contributed by atoms with Crippen molar-refractivity contribution in [3.05, 3.63) is 29.8 Å². The van der Waals surface area contributed by atoms with Crippen LogP contribution in [0.25, 0.3) is 0 Å². The van der Waals surface area contributed by atoms with Gasteiger partial charge in [-0.25, -0.2) is 0 Å². The second-order valence-corrected chi connectivity index (χ2v) is 5.17. The molecule has 0 amide bonds. The smallest absolute Gasteiger partial charge is 0.313 e. The van der Waals surface area contributed by atoms with Gasteiger partial charge in [-0.15, -0.1) is 0 Å². The zero-order valence-electron chi connectivity index (χ0n) is 10.9. The summed E-state index contributed by atoms with van der Waals surface area (Å²) in [6, 6.07) is 7.44. The Balaban J connectivity index is 1.87. The summed E-state index contributed by atoms with van der Waals surface area (Å²) >= 11 is 0. The Bertz CT molecular complexity index is 411. The highest BCUT2D eigenvalue weighted by molar-refractivity contribution is 5.78. The first-order valence-electron chi connectivity index (χ1n) is 6.69. The number of esters is 1. The van der Waals surface area contributed by atoms with Crippen molar-refractivity contribution in [2.24, 2.45) is 5.92 Å². The highest BCUT2D eigenvalue weighted by Crippen LogP contribution is 2.26. The number of nitrogen functional groups attached to an aromatic ring is 1. The molecule has 0 bridgehead atoms. The number of benzene rings is 1. The maximum atomic E-state index is 11.9. The Hall–Kier alpha value is -1.51. The molecule has 1 unspecified atom stereocenters. The second kappa shape index (κ2) is 5.89. The fourth-order valence-corrected chi connectivity index (χ4v) is 2.47. The first-order valence-corrected chi connectivity index (χ1v) is 6.69. The summed E-state index contributed by atoms with van der Waals surface area (Å²) in [4.78, 5) is 11.9. The van der Waals surface area contributed by atoms with E-state index in [4.69, 9.17) is 10.5 Å². The van der Waals surface area contributed by atoms with Gasteiger partial charge in [0.1, 0.15) is 0 Å². The SMILES string of the molecule is CC(C(=O)OCC1CCCC1)c1cccc(N)c1. The standard InChI is InChI=1S/C15H21NO2/c1-11(13-7-4-8-14(16)9-13)15(17)18-10-12-5-2-3-6-12/h4,7-9,11-12H,2-3,5-6,10,16H2,1H3. The maximum Gasteiger partial charge on any atom is 0.313 e. The number of nitrogens with two attached hydrogens (primary N) is 1. The summed E-state index contributed by atoms with van der Waals surface area (Å²) in [5, 5.41) is 0. The molecule has 0 heterocycles. The van der Waals surface area contributed by atoms with Crippen LogP contribution in [0.2, 0.25) is 0 Å². The van der Waals surface area contributed by atoms with Crippen LogP contribution in [0.3, 0.4) is 0 Å². The molecule has 0 aliphatic heterocycles. The Morgan fingerprint density at radius 3 is 2.83 bits per heavy atom. The number of hydrogen-bond donors (Lipinski definition) is 1. The monoisotopic (exact) mass is 247 g/mol. The molecular weight excluding hydrogens is 226 g/mol. The molecule has 1 fully saturated rings. The van der Waals surface area contributed by atoms with Crippen LogP contribution in [0.1, 0.15) is 44.1 Å². The van der Waals surface area contributed by atoms with E-state index in [1.54, 1.807) is 0 Å². The number of hydrogen-bond acceptors (Lipinski definition) is 3. The number of carbonyl (C=O) groups is 1. The summed E-state index contributed by atoms with van der Waals surface area (Å²) < 4.78 is 5.40. The van der Waals surface area contributed by atoms with E-state index in [-0.39, 0.29) is 11.9 Å². The summed E-state index contributed by atoms with van der Waals surface area (Å²) in [7, 11) is 0. The van der Waals surface area contributed by atoms with Gasteiger partial charge < -0.3 is 10.5 Å². The van der Waals surface area contributed by atoms with E-state index in [9.17, 15) is 4.79 Å². The molecule has 3 nitrogen and oxygen atoms in total. The van der Waals surface area contributed by atoms with Gasteiger partial charge in [-0.1, -0.05) is 25.0 Å². The quantitative estimate of drug-likeness (QED) is 0.657. The minimum Gasteiger partial charge on any atom is -0.465 e. The average molecular weight is 247 g/mol. The van der Waals surface area contributed by atoms with Gasteiger partial charge in [0.2, 0.25) is 0 Å². The lowest BCUT2D eigenvalue weighted by molar-refractivity contribution is -0.146. The highest BCUT2D eigenvalue weighted by Gasteiger charge is 2.20. The van der Waals surface area contributed by atoms with E-state index >= 15 is 0 Å². The Kier molecular flexibility index (Phi) is 4.24. The zero-order chi connectivity index (χ0) is 13.0. The van der Waals surface area contributed by atoms with Crippen LogP contribution in [0.15, 0.2) is 24.3 Å². The van der Waals surface area contributed by atoms with E-state index in [0.29, 0.717) is 18.2 Å². The molecule has 1 aromatic carbocycles. The van der Waals surface area contributed by atoms with Crippen LogP contribution < -0.4 is 5.73 Å². The first-order chi connectivity index (χ1) is 8.66. The van der Waals surface area contributed by atoms with Crippen LogP contribution in [-0.2, 0) is 9.53 Å². The molecule has 2 rings (SSSR count). The van der Waals surface area contributed by atoms with Gasteiger partial charge in [-0.05, 0) is 43.4 Å². The van der Waals surface area contributed by atoms with E-state index in [1.807, 2.05) is 31.2 Å². The van der Waals surface area contributed by atoms with Gasteiger partial charge in [0.15, 0.2) is 0 Å². The molecule has 0 aromatic heterocycles. The van der Waals surface area contributed by atoms with Crippen molar-refractivity contribution in [3.8, 4) is 0 Å². The van der Waals surface area contributed by atoms with E-state index < -0.39 is 0 Å². The molecule has 0 saturated heterocycles. The number of rotatable bonds is 4. The van der Waals surface area contributed by atoms with Crippen LogP contribution in [-0.4, -0.2) is 12.6 Å². The maximum absolute atomic E-state index is 11.9. The van der Waals surface area contributed by atoms with Gasteiger partial charge in [0.05, 0.1) is 12.5 Å². The van der Waals surface area contributed by atoms with E-state index in [1.165, 1.54) is 25.7 Å². The summed E-state index contributed by atoms with van der Waals surface area (Å²) in [6.07, 6.45) is 4.93. The minimum absolute atomic E-state index is 0.146. The average Bonchev–Trinajstić information content (AvgIpc) is 2.88. The zero-order valence-corrected chi connectivity index (χ0v) is 10.9. The molecule has 2 N–H and O–H groups in total. The minimum atomic E-state index is -0.241. The largest absolute Gasteiger partial charge is 0.465 e. The molecule has 18 heavy (non-hydrogen) atoms. The second-order valence-electron chi connectivity index (χ2n) is 5.17. The molecule has 98 valence electrons. The van der Waals surface area contributed by atoms with Gasteiger partial charge in [-0.3, -0.25) is 4.79 Å². The van der Waals surface area contributed by atoms with Gasteiger partial charge >= 0.3 is 5.97 Å². The van der Waals surface area contributed by atoms with Crippen molar-refractivity contribution >= 4 is 11.7 Å². The summed E-state index contributed by atoms with van der Waals surface area (Å²) in [6.45, 7) is 2.44. The molecule has 0 spiro atoms. The molecule has 1 aromatic rings. The predicted octanol–water partition coefficient (Wildman–Crippen LogP) is 3.11. The third-order valence-corrected chi connectivity index (χ3v) is 3.70. The number of anilines is 1. The predicted molar refractivity (Wildman–Crippen MR) is 72.2 cm³/mol. The van der Waals surface area contributed by atoms with E-state index in [0.717, 1.165) is 5.56 Å². The number of ether oxygens (including phenoxy) is 1. The van der Waals surface area contributed by atoms with Gasteiger partial charge in [0, 0.05) is 5.69 Å². The topological polar surface area (TPSA) is 52.3 Å². The molecular formula is C15H21NO2. The molecule has 1 aliphatic rings. The van der Waals surface area contributed by atoms with Crippen molar-refractivity contribution < 1.29 is 9.53 Å². The van der Waals surface area contributed by atoms with Crippen molar-refractivity contribution in [1.82, 2.24) is 0 Å². The highest BCUT2D eigenvalue weighted by atomic mass is 16.5. The molecule has 1 atom stereocenters. The fraction of sp³-hybridized carbons (Fsp3) is 0.533. The van der Waals surface area contributed by atoms with Crippen molar-refractivity contribution in [1.29, 1.82) is 0 Å². The molecule has 1 aliphatic carbocycles. The van der Waals surface area contributed by atoms with E-state index in [2.05, 4.69) is 0 Å². The molecule has 0 radical (unpaired) electrons. The van der Waals surface area contributed by atoms with Crippen molar-refractivity contribution in [2.45, 2.75) is 38.5 Å². The number of carbonyl (C=O) groups excluding carboxylic acids is 1. The van der Waals surface area contributed by atoms with Crippen LogP contribution >= 0.6 is 0 Å². The first kappa shape index (κ1) is 12.9. The normalized spacial score (nSPS) is 17.6. The Morgan fingerprint density at radius 1 is 1.44 bits per heavy atom. The van der Waals surface area contributed by atoms with Crippen LogP contribution in [0.5, 0.6) is 0 Å². The third-order valence-electron chi connectivity index (χ3n) is 3.70. The molecule has 1 saturated carbocycles. The lowest BCUT2D eigenvalue weighted by atomic mass is 10.0. The Morgan fingerprint density at radius 2 is 2.17 bits per heavy atom. The molecule has 3 heteroatoms. The lowest BCUT2D eigenvalue weighted by Crippen LogP contribution is -2.17. The Labute approximate surface area is 108 Å². The van der Waals surface area contributed by atoms with Gasteiger partial charge in [-0.2, -0.15) is 0 Å². The van der Waals surface area contributed by atoms with Crippen LogP contribution in [0, 0.1) is 5.92 Å².